The van der Waals surface area contributed by atoms with Gasteiger partial charge in [0.15, 0.2) is 5.16 Å². The zero-order chi connectivity index (χ0) is 15.4. The quantitative estimate of drug-likeness (QED) is 0.682. The van der Waals surface area contributed by atoms with Gasteiger partial charge in [-0.25, -0.2) is 9.97 Å². The SMILES string of the molecule is Cc1ccnc(SCC(=O)N[C@H]2COC3(CCCCC3)C2)n1. The molecule has 0 unspecified atom stereocenters. The van der Waals surface area contributed by atoms with Crippen molar-refractivity contribution in [3.05, 3.63) is 18.0 Å². The lowest BCUT2D eigenvalue weighted by Crippen LogP contribution is -2.38. The van der Waals surface area contributed by atoms with Gasteiger partial charge in [-0.05, 0) is 32.3 Å². The van der Waals surface area contributed by atoms with Crippen molar-refractivity contribution in [2.45, 2.75) is 62.2 Å². The molecule has 1 N–H and O–H groups in total. The number of hydrogen-bond donors (Lipinski definition) is 1. The number of aromatic nitrogens is 2. The molecule has 0 aromatic carbocycles. The summed E-state index contributed by atoms with van der Waals surface area (Å²) in [4.78, 5) is 20.5. The van der Waals surface area contributed by atoms with Gasteiger partial charge in [0.25, 0.3) is 0 Å². The Morgan fingerprint density at radius 1 is 1.45 bits per heavy atom. The Balaban J connectivity index is 1.44. The van der Waals surface area contributed by atoms with Crippen LogP contribution < -0.4 is 5.32 Å². The molecule has 1 saturated heterocycles. The van der Waals surface area contributed by atoms with Crippen molar-refractivity contribution in [3.8, 4) is 0 Å². The van der Waals surface area contributed by atoms with E-state index in [9.17, 15) is 4.79 Å². The summed E-state index contributed by atoms with van der Waals surface area (Å²) in [6.07, 6.45) is 8.79. The molecule has 120 valence electrons. The van der Waals surface area contributed by atoms with Crippen LogP contribution in [0, 0.1) is 6.92 Å². The lowest BCUT2D eigenvalue weighted by Gasteiger charge is -2.32. The zero-order valence-corrected chi connectivity index (χ0v) is 13.8. The van der Waals surface area contributed by atoms with Crippen molar-refractivity contribution in [1.82, 2.24) is 15.3 Å². The van der Waals surface area contributed by atoms with Gasteiger partial charge in [0, 0.05) is 11.9 Å². The number of thioether (sulfide) groups is 1. The fourth-order valence-electron chi connectivity index (χ4n) is 3.38. The normalized spacial score (nSPS) is 23.6. The predicted octanol–water partition coefficient (Wildman–Crippen LogP) is 2.49. The summed E-state index contributed by atoms with van der Waals surface area (Å²) in [6.45, 7) is 2.57. The molecule has 1 spiro atoms. The molecule has 6 heteroatoms. The highest BCUT2D eigenvalue weighted by Crippen LogP contribution is 2.39. The molecule has 22 heavy (non-hydrogen) atoms. The van der Waals surface area contributed by atoms with Gasteiger partial charge in [0.2, 0.25) is 5.91 Å². The fraction of sp³-hybridized carbons (Fsp3) is 0.688. The molecule has 1 aromatic rings. The Hall–Kier alpha value is -1.14. The third-order valence-corrected chi connectivity index (χ3v) is 5.31. The second-order valence-electron chi connectivity index (χ2n) is 6.29. The Bertz CT molecular complexity index is 532. The summed E-state index contributed by atoms with van der Waals surface area (Å²) in [5.41, 5.74) is 0.963. The van der Waals surface area contributed by atoms with Crippen molar-refractivity contribution in [2.75, 3.05) is 12.4 Å². The third-order valence-electron chi connectivity index (χ3n) is 4.44. The lowest BCUT2D eigenvalue weighted by atomic mass is 9.82. The highest BCUT2D eigenvalue weighted by Gasteiger charge is 2.41. The van der Waals surface area contributed by atoms with E-state index in [1.807, 2.05) is 13.0 Å². The minimum Gasteiger partial charge on any atom is -0.373 e. The predicted molar refractivity (Wildman–Crippen MR) is 85.8 cm³/mol. The van der Waals surface area contributed by atoms with E-state index >= 15 is 0 Å². The molecule has 1 atom stereocenters. The molecule has 0 bridgehead atoms. The summed E-state index contributed by atoms with van der Waals surface area (Å²) < 4.78 is 6.03. The van der Waals surface area contributed by atoms with E-state index < -0.39 is 0 Å². The van der Waals surface area contributed by atoms with E-state index in [4.69, 9.17) is 4.74 Å². The molecular weight excluding hydrogens is 298 g/mol. The minimum atomic E-state index is 0.0385. The van der Waals surface area contributed by atoms with Gasteiger partial charge in [0.05, 0.1) is 24.0 Å². The highest BCUT2D eigenvalue weighted by atomic mass is 32.2. The fourth-order valence-corrected chi connectivity index (χ4v) is 4.06. The Morgan fingerprint density at radius 3 is 3.05 bits per heavy atom. The Labute approximate surface area is 135 Å². The minimum absolute atomic E-state index is 0.0385. The number of carbonyl (C=O) groups excluding carboxylic acids is 1. The number of nitrogens with one attached hydrogen (secondary N) is 1. The molecule has 1 aromatic heterocycles. The Kier molecular flexibility index (Phi) is 4.98. The first-order chi connectivity index (χ1) is 10.7. The molecule has 0 radical (unpaired) electrons. The molecule has 5 nitrogen and oxygen atoms in total. The molecular formula is C16H23N3O2S. The van der Waals surface area contributed by atoms with Crippen molar-refractivity contribution in [2.24, 2.45) is 0 Å². The van der Waals surface area contributed by atoms with Gasteiger partial charge in [-0.3, -0.25) is 4.79 Å². The van der Waals surface area contributed by atoms with E-state index in [0.717, 1.165) is 25.0 Å². The molecule has 2 aliphatic rings. The van der Waals surface area contributed by atoms with Crippen LogP contribution in [0.5, 0.6) is 0 Å². The van der Waals surface area contributed by atoms with Crippen LogP contribution in [0.1, 0.15) is 44.2 Å². The smallest absolute Gasteiger partial charge is 0.230 e. The first-order valence-corrected chi connectivity index (χ1v) is 9.00. The molecule has 1 aliphatic heterocycles. The molecule has 2 heterocycles. The van der Waals surface area contributed by atoms with Gasteiger partial charge in [-0.1, -0.05) is 31.0 Å². The number of amides is 1. The van der Waals surface area contributed by atoms with Gasteiger partial charge in [-0.2, -0.15) is 0 Å². The van der Waals surface area contributed by atoms with Crippen LogP contribution in [0.2, 0.25) is 0 Å². The highest BCUT2D eigenvalue weighted by molar-refractivity contribution is 7.99. The topological polar surface area (TPSA) is 64.1 Å². The van der Waals surface area contributed by atoms with Crippen LogP contribution >= 0.6 is 11.8 Å². The molecule has 2 fully saturated rings. The average molecular weight is 321 g/mol. The van der Waals surface area contributed by atoms with E-state index in [1.54, 1.807) is 6.20 Å². The first kappa shape index (κ1) is 15.7. The van der Waals surface area contributed by atoms with Crippen molar-refractivity contribution in [3.63, 3.8) is 0 Å². The molecule has 3 rings (SSSR count). The lowest BCUT2D eigenvalue weighted by molar-refractivity contribution is -0.119. The maximum absolute atomic E-state index is 12.1. The number of aryl methyl sites for hydroxylation is 1. The van der Waals surface area contributed by atoms with E-state index in [1.165, 1.54) is 31.0 Å². The second-order valence-corrected chi connectivity index (χ2v) is 7.24. The van der Waals surface area contributed by atoms with Crippen LogP contribution in [0.4, 0.5) is 0 Å². The third kappa shape index (κ3) is 3.98. The maximum Gasteiger partial charge on any atom is 0.230 e. The van der Waals surface area contributed by atoms with Crippen LogP contribution in [0.3, 0.4) is 0 Å². The van der Waals surface area contributed by atoms with E-state index in [-0.39, 0.29) is 17.6 Å². The number of ether oxygens (including phenoxy) is 1. The summed E-state index contributed by atoms with van der Waals surface area (Å²) in [5, 5.41) is 3.75. The summed E-state index contributed by atoms with van der Waals surface area (Å²) >= 11 is 1.38. The first-order valence-electron chi connectivity index (χ1n) is 8.01. The summed E-state index contributed by atoms with van der Waals surface area (Å²) in [5.74, 6) is 0.393. The van der Waals surface area contributed by atoms with Crippen LogP contribution in [-0.2, 0) is 9.53 Å². The van der Waals surface area contributed by atoms with E-state index in [2.05, 4.69) is 15.3 Å². The van der Waals surface area contributed by atoms with Gasteiger partial charge in [0.1, 0.15) is 0 Å². The average Bonchev–Trinajstić information content (AvgIpc) is 2.88. The van der Waals surface area contributed by atoms with Gasteiger partial charge < -0.3 is 10.1 Å². The number of carbonyl (C=O) groups is 1. The zero-order valence-electron chi connectivity index (χ0n) is 13.0. The Morgan fingerprint density at radius 2 is 2.27 bits per heavy atom. The summed E-state index contributed by atoms with van der Waals surface area (Å²) in [6, 6.07) is 2.01. The standard InChI is InChI=1S/C16H23N3O2S/c1-12-5-8-17-15(18-12)22-11-14(20)19-13-9-16(21-10-13)6-3-2-4-7-16/h5,8,13H,2-4,6-7,9-11H2,1H3,(H,19,20)/t13-/m1/s1. The van der Waals surface area contributed by atoms with E-state index in [0.29, 0.717) is 17.5 Å². The van der Waals surface area contributed by atoms with Crippen LogP contribution in [-0.4, -0.2) is 39.9 Å². The largest absolute Gasteiger partial charge is 0.373 e. The molecule has 1 aliphatic carbocycles. The number of nitrogens with zero attached hydrogens (tertiary/aromatic N) is 2. The van der Waals surface area contributed by atoms with Crippen molar-refractivity contribution in [1.29, 1.82) is 0 Å². The van der Waals surface area contributed by atoms with Gasteiger partial charge >= 0.3 is 0 Å². The number of rotatable bonds is 4. The number of hydrogen-bond acceptors (Lipinski definition) is 5. The molecule has 1 saturated carbocycles. The monoisotopic (exact) mass is 321 g/mol. The van der Waals surface area contributed by atoms with Crippen LogP contribution in [0.15, 0.2) is 17.4 Å². The van der Waals surface area contributed by atoms with Crippen molar-refractivity contribution < 1.29 is 9.53 Å². The maximum atomic E-state index is 12.1. The van der Waals surface area contributed by atoms with Crippen LogP contribution in [0.25, 0.3) is 0 Å². The second kappa shape index (κ2) is 6.96. The van der Waals surface area contributed by atoms with Gasteiger partial charge in [-0.15, -0.1) is 0 Å². The van der Waals surface area contributed by atoms with Crippen molar-refractivity contribution >= 4 is 17.7 Å². The molecule has 1 amide bonds. The summed E-state index contributed by atoms with van der Waals surface area (Å²) in [7, 11) is 0.